The van der Waals surface area contributed by atoms with Crippen LogP contribution in [0.15, 0.2) is 29.0 Å². The molecule has 15 heavy (non-hydrogen) atoms. The van der Waals surface area contributed by atoms with Gasteiger partial charge in [-0.25, -0.2) is 9.37 Å². The van der Waals surface area contributed by atoms with Crippen LogP contribution in [0, 0.1) is 5.82 Å². The number of benzene rings is 1. The first-order valence-electron chi connectivity index (χ1n) is 4.07. The maximum Gasteiger partial charge on any atom is 0.153 e. The van der Waals surface area contributed by atoms with E-state index in [9.17, 15) is 4.39 Å². The Morgan fingerprint density at radius 3 is 2.87 bits per heavy atom. The second kappa shape index (κ2) is 3.90. The van der Waals surface area contributed by atoms with E-state index >= 15 is 0 Å². The second-order valence-corrected chi connectivity index (χ2v) is 3.73. The standard InChI is InChI=1S/C9H6BrFN4/c10-5-1-2-7(11)6(3-5)8-9(12)13-4-14-15-8/h1-4H,(H2,12,13,14). The molecule has 76 valence electrons. The number of anilines is 1. The van der Waals surface area contributed by atoms with E-state index in [1.807, 2.05) is 0 Å². The molecule has 0 saturated carbocycles. The third kappa shape index (κ3) is 1.94. The van der Waals surface area contributed by atoms with Crippen molar-refractivity contribution in [3.63, 3.8) is 0 Å². The van der Waals surface area contributed by atoms with E-state index in [2.05, 4.69) is 31.1 Å². The zero-order chi connectivity index (χ0) is 10.8. The molecule has 4 nitrogen and oxygen atoms in total. The molecule has 2 N–H and O–H groups in total. The highest BCUT2D eigenvalue weighted by atomic mass is 79.9. The molecule has 0 unspecified atom stereocenters. The van der Waals surface area contributed by atoms with Gasteiger partial charge in [-0.2, -0.15) is 0 Å². The first kappa shape index (κ1) is 9.97. The number of halogens is 2. The van der Waals surface area contributed by atoms with E-state index < -0.39 is 5.82 Å². The molecule has 1 aromatic carbocycles. The molecule has 2 rings (SSSR count). The van der Waals surface area contributed by atoms with Crippen molar-refractivity contribution in [2.45, 2.75) is 0 Å². The third-order valence-corrected chi connectivity index (χ3v) is 2.33. The lowest BCUT2D eigenvalue weighted by Crippen LogP contribution is -1.99. The molecule has 0 spiro atoms. The van der Waals surface area contributed by atoms with Gasteiger partial charge in [0.05, 0.1) is 0 Å². The van der Waals surface area contributed by atoms with Gasteiger partial charge < -0.3 is 5.73 Å². The summed E-state index contributed by atoms with van der Waals surface area (Å²) >= 11 is 3.24. The molecule has 0 fully saturated rings. The van der Waals surface area contributed by atoms with Gasteiger partial charge in [0.25, 0.3) is 0 Å². The lowest BCUT2D eigenvalue weighted by Gasteiger charge is -2.03. The number of hydrogen-bond donors (Lipinski definition) is 1. The molecule has 1 heterocycles. The summed E-state index contributed by atoms with van der Waals surface area (Å²) in [5.41, 5.74) is 6.10. The van der Waals surface area contributed by atoms with Crippen LogP contribution < -0.4 is 5.73 Å². The molecule has 0 bridgehead atoms. The zero-order valence-corrected chi connectivity index (χ0v) is 9.07. The number of aromatic nitrogens is 3. The summed E-state index contributed by atoms with van der Waals surface area (Å²) in [6, 6.07) is 4.50. The minimum absolute atomic E-state index is 0.155. The SMILES string of the molecule is Nc1ncnnc1-c1cc(Br)ccc1F. The van der Waals surface area contributed by atoms with Crippen LogP contribution in [-0.2, 0) is 0 Å². The van der Waals surface area contributed by atoms with Crippen LogP contribution in [-0.4, -0.2) is 15.2 Å². The fraction of sp³-hybridized carbons (Fsp3) is 0. The maximum absolute atomic E-state index is 13.5. The Morgan fingerprint density at radius 1 is 1.33 bits per heavy atom. The quantitative estimate of drug-likeness (QED) is 0.860. The smallest absolute Gasteiger partial charge is 0.153 e. The normalized spacial score (nSPS) is 10.3. The summed E-state index contributed by atoms with van der Waals surface area (Å²) < 4.78 is 14.2. The van der Waals surface area contributed by atoms with Crippen molar-refractivity contribution in [1.29, 1.82) is 0 Å². The predicted octanol–water partition coefficient (Wildman–Crippen LogP) is 2.02. The van der Waals surface area contributed by atoms with Crippen molar-refractivity contribution < 1.29 is 4.39 Å². The molecule has 0 radical (unpaired) electrons. The van der Waals surface area contributed by atoms with Gasteiger partial charge in [-0.1, -0.05) is 15.9 Å². The summed E-state index contributed by atoms with van der Waals surface area (Å²) in [5.74, 6) is -0.255. The van der Waals surface area contributed by atoms with Crippen LogP contribution in [0.1, 0.15) is 0 Å². The minimum atomic E-state index is -0.410. The molecule has 0 saturated heterocycles. The van der Waals surface area contributed by atoms with Crippen molar-refractivity contribution in [2.24, 2.45) is 0 Å². The molecule has 1 aromatic heterocycles. The highest BCUT2D eigenvalue weighted by Crippen LogP contribution is 2.26. The molecule has 0 aliphatic heterocycles. The summed E-state index contributed by atoms with van der Waals surface area (Å²) in [5, 5.41) is 7.32. The number of nitrogens with two attached hydrogens (primary N) is 1. The Bertz CT molecular complexity index is 503. The van der Waals surface area contributed by atoms with Crippen molar-refractivity contribution >= 4 is 21.7 Å². The van der Waals surface area contributed by atoms with Gasteiger partial charge in [0.1, 0.15) is 17.8 Å². The molecule has 6 heteroatoms. The van der Waals surface area contributed by atoms with Gasteiger partial charge in [-0.05, 0) is 18.2 Å². The van der Waals surface area contributed by atoms with Crippen molar-refractivity contribution in [3.8, 4) is 11.3 Å². The number of hydrogen-bond acceptors (Lipinski definition) is 4. The fourth-order valence-electron chi connectivity index (χ4n) is 1.15. The molecule has 0 aliphatic rings. The van der Waals surface area contributed by atoms with Gasteiger partial charge in [-0.3, -0.25) is 0 Å². The number of nitrogen functional groups attached to an aromatic ring is 1. The highest BCUT2D eigenvalue weighted by Gasteiger charge is 2.11. The van der Waals surface area contributed by atoms with E-state index in [1.165, 1.54) is 12.4 Å². The van der Waals surface area contributed by atoms with Crippen LogP contribution in [0.25, 0.3) is 11.3 Å². The largest absolute Gasteiger partial charge is 0.382 e. The molecule has 0 atom stereocenters. The topological polar surface area (TPSA) is 64.7 Å². The van der Waals surface area contributed by atoms with E-state index in [1.54, 1.807) is 12.1 Å². The van der Waals surface area contributed by atoms with E-state index in [0.29, 0.717) is 0 Å². The van der Waals surface area contributed by atoms with Gasteiger partial charge >= 0.3 is 0 Å². The van der Waals surface area contributed by atoms with Crippen molar-refractivity contribution in [3.05, 3.63) is 34.8 Å². The molecule has 0 aliphatic carbocycles. The summed E-state index contributed by atoms with van der Waals surface area (Å²) in [6.07, 6.45) is 1.22. The van der Waals surface area contributed by atoms with Gasteiger partial charge in [0.15, 0.2) is 5.82 Å². The number of rotatable bonds is 1. The van der Waals surface area contributed by atoms with Crippen LogP contribution in [0.2, 0.25) is 0 Å². The number of nitrogens with zero attached hydrogens (tertiary/aromatic N) is 3. The molecular weight excluding hydrogens is 263 g/mol. The second-order valence-electron chi connectivity index (χ2n) is 2.82. The average Bonchev–Trinajstić information content (AvgIpc) is 2.23. The van der Waals surface area contributed by atoms with Crippen LogP contribution >= 0.6 is 15.9 Å². The van der Waals surface area contributed by atoms with Crippen molar-refractivity contribution in [2.75, 3.05) is 5.73 Å². The molecular formula is C9H6BrFN4. The summed E-state index contributed by atoms with van der Waals surface area (Å²) in [6.45, 7) is 0. The van der Waals surface area contributed by atoms with E-state index in [4.69, 9.17) is 5.73 Å². The van der Waals surface area contributed by atoms with Crippen LogP contribution in [0.5, 0.6) is 0 Å². The van der Waals surface area contributed by atoms with Crippen LogP contribution in [0.4, 0.5) is 10.2 Å². The lowest BCUT2D eigenvalue weighted by atomic mass is 10.1. The average molecular weight is 269 g/mol. The monoisotopic (exact) mass is 268 g/mol. The van der Waals surface area contributed by atoms with Gasteiger partial charge in [0, 0.05) is 10.0 Å². The highest BCUT2D eigenvalue weighted by molar-refractivity contribution is 9.10. The van der Waals surface area contributed by atoms with Crippen LogP contribution in [0.3, 0.4) is 0 Å². The predicted molar refractivity (Wildman–Crippen MR) is 57.3 cm³/mol. The summed E-state index contributed by atoms with van der Waals surface area (Å²) in [7, 11) is 0. The molecule has 0 amide bonds. The van der Waals surface area contributed by atoms with E-state index in [-0.39, 0.29) is 17.1 Å². The maximum atomic E-state index is 13.5. The van der Waals surface area contributed by atoms with Gasteiger partial charge in [0.2, 0.25) is 0 Å². The zero-order valence-electron chi connectivity index (χ0n) is 7.48. The first-order valence-corrected chi connectivity index (χ1v) is 4.86. The summed E-state index contributed by atoms with van der Waals surface area (Å²) in [4.78, 5) is 3.75. The Labute approximate surface area is 93.5 Å². The Morgan fingerprint density at radius 2 is 2.13 bits per heavy atom. The van der Waals surface area contributed by atoms with E-state index in [0.717, 1.165) is 4.47 Å². The molecule has 2 aromatic rings. The van der Waals surface area contributed by atoms with Crippen molar-refractivity contribution in [1.82, 2.24) is 15.2 Å². The first-order chi connectivity index (χ1) is 7.18. The van der Waals surface area contributed by atoms with Gasteiger partial charge in [-0.15, -0.1) is 10.2 Å². The lowest BCUT2D eigenvalue weighted by molar-refractivity contribution is 0.630. The third-order valence-electron chi connectivity index (χ3n) is 1.83. The fourth-order valence-corrected chi connectivity index (χ4v) is 1.52. The Balaban J connectivity index is 2.64. The minimum Gasteiger partial charge on any atom is -0.382 e. The Hall–Kier alpha value is -1.56. The Kier molecular flexibility index (Phi) is 2.59.